The minimum Gasteiger partial charge on any atom is -0.361 e. The van der Waals surface area contributed by atoms with Gasteiger partial charge in [0.1, 0.15) is 10.8 Å². The molecule has 1 N–H and O–H groups in total. The molecule has 1 unspecified atom stereocenters. The number of rotatable bonds is 5. The molecule has 2 aromatic heterocycles. The number of carbonyl (C=O) groups is 1. The van der Waals surface area contributed by atoms with Crippen molar-refractivity contribution < 1.29 is 9.32 Å². The van der Waals surface area contributed by atoms with E-state index < -0.39 is 0 Å². The molecule has 6 nitrogen and oxygen atoms in total. The summed E-state index contributed by atoms with van der Waals surface area (Å²) in [5.74, 6) is 1.43. The maximum atomic E-state index is 12.8. The van der Waals surface area contributed by atoms with Gasteiger partial charge < -0.3 is 14.7 Å². The highest BCUT2D eigenvalue weighted by Crippen LogP contribution is 2.25. The first kappa shape index (κ1) is 21.8. The molecule has 3 rings (SSSR count). The summed E-state index contributed by atoms with van der Waals surface area (Å²) in [6, 6.07) is 5.79. The summed E-state index contributed by atoms with van der Waals surface area (Å²) < 4.78 is 5.07. The number of nitrogens with one attached hydrogen (secondary N) is 1. The number of aromatic nitrogens is 2. The van der Waals surface area contributed by atoms with E-state index in [0.29, 0.717) is 11.3 Å². The summed E-state index contributed by atoms with van der Waals surface area (Å²) in [6.07, 6.45) is 2.70. The van der Waals surface area contributed by atoms with Gasteiger partial charge in [-0.25, -0.2) is 4.98 Å². The van der Waals surface area contributed by atoms with Gasteiger partial charge in [-0.1, -0.05) is 16.9 Å². The molecular formula is C16H22Cl2N4O2S. The predicted molar refractivity (Wildman–Crippen MR) is 103 cm³/mol. The smallest absolute Gasteiger partial charge is 0.256 e. The molecular weight excluding hydrogens is 383 g/mol. The highest BCUT2D eigenvalue weighted by molar-refractivity contribution is 7.98. The molecule has 1 aliphatic rings. The Labute approximate surface area is 163 Å². The van der Waals surface area contributed by atoms with Crippen molar-refractivity contribution in [1.29, 1.82) is 0 Å². The third kappa shape index (κ3) is 5.34. The van der Waals surface area contributed by atoms with Gasteiger partial charge >= 0.3 is 0 Å². The van der Waals surface area contributed by atoms with Gasteiger partial charge in [-0.3, -0.25) is 4.79 Å². The molecule has 1 fully saturated rings. The number of hydrogen-bond acceptors (Lipinski definition) is 6. The van der Waals surface area contributed by atoms with Crippen LogP contribution in [0.4, 0.5) is 0 Å². The Morgan fingerprint density at radius 3 is 2.92 bits per heavy atom. The van der Waals surface area contributed by atoms with E-state index in [1.807, 2.05) is 31.0 Å². The lowest BCUT2D eigenvalue weighted by atomic mass is 10.2. The standard InChI is InChI=1S/C16H20N4O2S.2ClH/c1-11-8-12(19-22-11)10-23-15-14(4-3-6-18-15)16(21)20(2)13-5-7-17-9-13;;/h3-4,6,8,13,17H,5,7,9-10H2,1-2H3;2*1H. The van der Waals surface area contributed by atoms with Gasteiger partial charge in [0.25, 0.3) is 5.91 Å². The minimum atomic E-state index is 0. The summed E-state index contributed by atoms with van der Waals surface area (Å²) in [5, 5.41) is 8.00. The average Bonchev–Trinajstić information content (AvgIpc) is 3.23. The van der Waals surface area contributed by atoms with E-state index in [1.165, 1.54) is 11.8 Å². The second-order valence-electron chi connectivity index (χ2n) is 5.64. The van der Waals surface area contributed by atoms with Crippen LogP contribution in [0.5, 0.6) is 0 Å². The Bertz CT molecular complexity index is 692. The molecule has 2 aromatic rings. The zero-order valence-electron chi connectivity index (χ0n) is 14.1. The lowest BCUT2D eigenvalue weighted by molar-refractivity contribution is 0.0739. The molecule has 0 aliphatic carbocycles. The molecule has 3 heterocycles. The number of aryl methyl sites for hydroxylation is 1. The molecule has 0 bridgehead atoms. The molecule has 25 heavy (non-hydrogen) atoms. The quantitative estimate of drug-likeness (QED) is 0.772. The van der Waals surface area contributed by atoms with Crippen LogP contribution >= 0.6 is 36.6 Å². The summed E-state index contributed by atoms with van der Waals surface area (Å²) in [7, 11) is 1.86. The molecule has 138 valence electrons. The summed E-state index contributed by atoms with van der Waals surface area (Å²) in [5.41, 5.74) is 1.50. The van der Waals surface area contributed by atoms with E-state index in [4.69, 9.17) is 4.52 Å². The van der Waals surface area contributed by atoms with Crippen molar-refractivity contribution in [3.63, 3.8) is 0 Å². The minimum absolute atomic E-state index is 0. The summed E-state index contributed by atoms with van der Waals surface area (Å²) in [6.45, 7) is 3.67. The number of halogens is 2. The van der Waals surface area contributed by atoms with Gasteiger partial charge in [-0.05, 0) is 32.0 Å². The second kappa shape index (κ2) is 10.0. The topological polar surface area (TPSA) is 71.3 Å². The molecule has 0 aromatic carbocycles. The lowest BCUT2D eigenvalue weighted by Crippen LogP contribution is -2.38. The first-order valence-electron chi connectivity index (χ1n) is 7.63. The van der Waals surface area contributed by atoms with Crippen molar-refractivity contribution in [1.82, 2.24) is 20.4 Å². The van der Waals surface area contributed by atoms with Crippen molar-refractivity contribution in [2.45, 2.75) is 30.2 Å². The number of pyridine rings is 1. The highest BCUT2D eigenvalue weighted by atomic mass is 35.5. The molecule has 9 heteroatoms. The molecule has 1 amide bonds. The lowest BCUT2D eigenvalue weighted by Gasteiger charge is -2.24. The normalized spacial score (nSPS) is 16.0. The van der Waals surface area contributed by atoms with Crippen molar-refractivity contribution >= 4 is 42.5 Å². The Morgan fingerprint density at radius 1 is 1.48 bits per heavy atom. The van der Waals surface area contributed by atoms with Gasteiger partial charge in [-0.15, -0.1) is 24.8 Å². The Balaban J connectivity index is 0.00000156. The third-order valence-corrected chi connectivity index (χ3v) is 4.98. The maximum Gasteiger partial charge on any atom is 0.256 e. The van der Waals surface area contributed by atoms with Crippen LogP contribution in [0.15, 0.2) is 33.9 Å². The van der Waals surface area contributed by atoms with E-state index in [-0.39, 0.29) is 36.8 Å². The molecule has 1 aliphatic heterocycles. The fraction of sp³-hybridized carbons (Fsp3) is 0.438. The van der Waals surface area contributed by atoms with Crippen LogP contribution in [0.2, 0.25) is 0 Å². The molecule has 0 radical (unpaired) electrons. The van der Waals surface area contributed by atoms with Crippen LogP contribution in [0.3, 0.4) is 0 Å². The number of thioether (sulfide) groups is 1. The van der Waals surface area contributed by atoms with Crippen LogP contribution in [-0.2, 0) is 5.75 Å². The zero-order chi connectivity index (χ0) is 16.2. The first-order valence-corrected chi connectivity index (χ1v) is 8.61. The zero-order valence-corrected chi connectivity index (χ0v) is 16.5. The highest BCUT2D eigenvalue weighted by Gasteiger charge is 2.25. The molecule has 0 saturated carbocycles. The number of nitrogens with zero attached hydrogens (tertiary/aromatic N) is 3. The van der Waals surface area contributed by atoms with Gasteiger partial charge in [0.2, 0.25) is 0 Å². The predicted octanol–water partition coefficient (Wildman–Crippen LogP) is 2.95. The van der Waals surface area contributed by atoms with E-state index in [0.717, 1.165) is 36.0 Å². The van der Waals surface area contributed by atoms with Crippen LogP contribution in [0, 0.1) is 6.92 Å². The SMILES string of the molecule is Cc1cc(CSc2ncccc2C(=O)N(C)C2CCNC2)no1.Cl.Cl. The number of hydrogen-bond donors (Lipinski definition) is 1. The Kier molecular flexibility index (Phi) is 8.71. The first-order chi connectivity index (χ1) is 11.1. The fourth-order valence-electron chi connectivity index (χ4n) is 2.62. The van der Waals surface area contributed by atoms with Crippen molar-refractivity contribution in [3.8, 4) is 0 Å². The summed E-state index contributed by atoms with van der Waals surface area (Å²) >= 11 is 1.51. The molecule has 1 atom stereocenters. The fourth-order valence-corrected chi connectivity index (χ4v) is 3.49. The Morgan fingerprint density at radius 2 is 2.28 bits per heavy atom. The second-order valence-corrected chi connectivity index (χ2v) is 6.60. The van der Waals surface area contributed by atoms with Crippen LogP contribution in [-0.4, -0.2) is 47.1 Å². The van der Waals surface area contributed by atoms with Crippen LogP contribution in [0.1, 0.15) is 28.2 Å². The number of likely N-dealkylation sites (N-methyl/N-ethyl adjacent to an activating group) is 1. The van der Waals surface area contributed by atoms with E-state index >= 15 is 0 Å². The van der Waals surface area contributed by atoms with Crippen molar-refractivity contribution in [3.05, 3.63) is 41.4 Å². The van der Waals surface area contributed by atoms with Gasteiger partial charge in [0, 0.05) is 37.7 Å². The average molecular weight is 405 g/mol. The van der Waals surface area contributed by atoms with Gasteiger partial charge in [0.15, 0.2) is 0 Å². The Hall–Kier alpha value is -1.28. The monoisotopic (exact) mass is 404 g/mol. The third-order valence-electron chi connectivity index (χ3n) is 3.94. The van der Waals surface area contributed by atoms with Gasteiger partial charge in [-0.2, -0.15) is 0 Å². The largest absolute Gasteiger partial charge is 0.361 e. The van der Waals surface area contributed by atoms with Crippen molar-refractivity contribution in [2.24, 2.45) is 0 Å². The number of carbonyl (C=O) groups excluding carboxylic acids is 1. The van der Waals surface area contributed by atoms with Gasteiger partial charge in [0.05, 0.1) is 11.3 Å². The van der Waals surface area contributed by atoms with E-state index in [1.54, 1.807) is 12.3 Å². The van der Waals surface area contributed by atoms with E-state index in [9.17, 15) is 4.79 Å². The van der Waals surface area contributed by atoms with Crippen LogP contribution in [0.25, 0.3) is 0 Å². The molecule has 0 spiro atoms. The number of amides is 1. The molecule has 1 saturated heterocycles. The van der Waals surface area contributed by atoms with Crippen molar-refractivity contribution in [2.75, 3.05) is 20.1 Å². The van der Waals surface area contributed by atoms with Crippen LogP contribution < -0.4 is 5.32 Å². The van der Waals surface area contributed by atoms with E-state index in [2.05, 4.69) is 15.5 Å². The summed E-state index contributed by atoms with van der Waals surface area (Å²) in [4.78, 5) is 19.0. The maximum absolute atomic E-state index is 12.8.